The van der Waals surface area contributed by atoms with E-state index >= 15 is 0 Å². The van der Waals surface area contributed by atoms with Gasteiger partial charge in [-0.25, -0.2) is 14.8 Å². The highest BCUT2D eigenvalue weighted by Gasteiger charge is 2.27. The third-order valence-electron chi connectivity index (χ3n) is 3.92. The first-order valence-corrected chi connectivity index (χ1v) is 8.33. The third-order valence-corrected chi connectivity index (χ3v) is 5.05. The van der Waals surface area contributed by atoms with Gasteiger partial charge in [-0.15, -0.1) is 11.3 Å². The van der Waals surface area contributed by atoms with Gasteiger partial charge in [-0.05, 0) is 31.9 Å². The predicted octanol–water partition coefficient (Wildman–Crippen LogP) is 2.56. The van der Waals surface area contributed by atoms with Crippen LogP contribution in [-0.4, -0.2) is 44.9 Å². The number of hydrogen-bond donors (Lipinski definition) is 1. The zero-order valence-corrected chi connectivity index (χ0v) is 13.5. The van der Waals surface area contributed by atoms with Gasteiger partial charge in [0.25, 0.3) is 5.91 Å². The van der Waals surface area contributed by atoms with E-state index in [2.05, 4.69) is 9.97 Å². The number of carboxylic acid groups (broad SMARTS) is 1. The monoisotopic (exact) mass is 331 g/mol. The molecule has 0 spiro atoms. The van der Waals surface area contributed by atoms with Crippen molar-refractivity contribution in [2.75, 3.05) is 13.1 Å². The van der Waals surface area contributed by atoms with Crippen molar-refractivity contribution in [1.29, 1.82) is 0 Å². The molecule has 0 aromatic carbocycles. The molecule has 0 saturated carbocycles. The Labute approximate surface area is 137 Å². The molecule has 1 amide bonds. The number of nitrogens with zero attached hydrogens (tertiary/aromatic N) is 3. The van der Waals surface area contributed by atoms with Gasteiger partial charge in [0, 0.05) is 36.3 Å². The second kappa shape index (κ2) is 6.45. The van der Waals surface area contributed by atoms with Crippen molar-refractivity contribution < 1.29 is 14.7 Å². The number of aromatic nitrogens is 2. The van der Waals surface area contributed by atoms with Crippen molar-refractivity contribution in [2.45, 2.75) is 25.7 Å². The molecule has 1 atom stereocenters. The Bertz CT molecular complexity index is 726. The maximum absolute atomic E-state index is 12.6. The largest absolute Gasteiger partial charge is 0.477 e. The van der Waals surface area contributed by atoms with Gasteiger partial charge in [0.05, 0.1) is 10.6 Å². The average molecular weight is 331 g/mol. The summed E-state index contributed by atoms with van der Waals surface area (Å²) in [5, 5.41) is 12.0. The van der Waals surface area contributed by atoms with Gasteiger partial charge in [0.15, 0.2) is 0 Å². The highest BCUT2D eigenvalue weighted by Crippen LogP contribution is 2.29. The van der Waals surface area contributed by atoms with Crippen LogP contribution in [0, 0.1) is 6.92 Å². The fourth-order valence-corrected chi connectivity index (χ4v) is 3.68. The molecule has 23 heavy (non-hydrogen) atoms. The number of aryl methyl sites for hydroxylation is 1. The maximum Gasteiger partial charge on any atom is 0.354 e. The average Bonchev–Trinajstić information content (AvgIpc) is 3.01. The van der Waals surface area contributed by atoms with E-state index < -0.39 is 5.97 Å². The Hall–Kier alpha value is -2.28. The van der Waals surface area contributed by atoms with Gasteiger partial charge < -0.3 is 10.0 Å². The summed E-state index contributed by atoms with van der Waals surface area (Å²) in [4.78, 5) is 33.6. The van der Waals surface area contributed by atoms with Crippen LogP contribution in [-0.2, 0) is 0 Å². The quantitative estimate of drug-likeness (QED) is 0.934. The molecule has 2 aromatic heterocycles. The fraction of sp³-hybridized carbons (Fsp3) is 0.375. The smallest absolute Gasteiger partial charge is 0.354 e. The predicted molar refractivity (Wildman–Crippen MR) is 85.9 cm³/mol. The molecule has 1 saturated heterocycles. The summed E-state index contributed by atoms with van der Waals surface area (Å²) in [6, 6.07) is 2.89. The van der Waals surface area contributed by atoms with Crippen molar-refractivity contribution in [3.8, 4) is 0 Å². The first-order valence-electron chi connectivity index (χ1n) is 7.45. The molecule has 1 fully saturated rings. The molecular weight excluding hydrogens is 314 g/mol. The lowest BCUT2D eigenvalue weighted by atomic mass is 9.98. The summed E-state index contributed by atoms with van der Waals surface area (Å²) in [5.41, 5.74) is 1.38. The van der Waals surface area contributed by atoms with Gasteiger partial charge >= 0.3 is 5.97 Å². The molecule has 3 rings (SSSR count). The Balaban J connectivity index is 1.72. The number of pyridine rings is 1. The second-order valence-corrected chi connectivity index (χ2v) is 6.54. The normalized spacial score (nSPS) is 18.0. The molecule has 120 valence electrons. The van der Waals surface area contributed by atoms with Crippen LogP contribution in [0.2, 0.25) is 0 Å². The van der Waals surface area contributed by atoms with E-state index in [1.807, 2.05) is 17.2 Å². The molecule has 3 heterocycles. The first kappa shape index (κ1) is 15.6. The van der Waals surface area contributed by atoms with E-state index in [9.17, 15) is 9.59 Å². The lowest BCUT2D eigenvalue weighted by Crippen LogP contribution is -2.39. The topological polar surface area (TPSA) is 83.4 Å². The number of carbonyl (C=O) groups is 2. The number of aromatic carboxylic acids is 1. The number of likely N-dealkylation sites (tertiary alicyclic amines) is 1. The Morgan fingerprint density at radius 3 is 2.83 bits per heavy atom. The highest BCUT2D eigenvalue weighted by molar-refractivity contribution is 7.09. The van der Waals surface area contributed by atoms with Gasteiger partial charge in [-0.3, -0.25) is 4.79 Å². The number of thiazole rings is 1. The molecule has 0 aliphatic carbocycles. The molecule has 1 aliphatic rings. The lowest BCUT2D eigenvalue weighted by molar-refractivity contribution is 0.0681. The van der Waals surface area contributed by atoms with E-state index in [1.165, 1.54) is 18.3 Å². The molecule has 0 bridgehead atoms. The van der Waals surface area contributed by atoms with Gasteiger partial charge in [-0.2, -0.15) is 0 Å². The number of amides is 1. The zero-order chi connectivity index (χ0) is 16.4. The van der Waals surface area contributed by atoms with Crippen LogP contribution < -0.4 is 0 Å². The van der Waals surface area contributed by atoms with Gasteiger partial charge in [0.2, 0.25) is 0 Å². The minimum absolute atomic E-state index is 0.0590. The molecule has 7 heteroatoms. The van der Waals surface area contributed by atoms with Crippen molar-refractivity contribution in [3.63, 3.8) is 0 Å². The van der Waals surface area contributed by atoms with E-state index in [0.29, 0.717) is 18.7 Å². The highest BCUT2D eigenvalue weighted by atomic mass is 32.1. The molecule has 1 unspecified atom stereocenters. The minimum Gasteiger partial charge on any atom is -0.477 e. The summed E-state index contributed by atoms with van der Waals surface area (Å²) in [6.07, 6.45) is 3.31. The van der Waals surface area contributed by atoms with Crippen LogP contribution >= 0.6 is 11.3 Å². The number of hydrogen-bond acceptors (Lipinski definition) is 5. The Morgan fingerprint density at radius 1 is 1.39 bits per heavy atom. The fourth-order valence-electron chi connectivity index (χ4n) is 2.75. The maximum atomic E-state index is 12.6. The van der Waals surface area contributed by atoms with E-state index in [-0.39, 0.29) is 17.5 Å². The number of carboxylic acids is 1. The molecular formula is C16H17N3O3S. The number of rotatable bonds is 3. The molecule has 0 radical (unpaired) electrons. The second-order valence-electron chi connectivity index (χ2n) is 5.65. The van der Waals surface area contributed by atoms with Gasteiger partial charge in [-0.1, -0.05) is 0 Å². The van der Waals surface area contributed by atoms with Gasteiger partial charge in [0.1, 0.15) is 5.69 Å². The van der Waals surface area contributed by atoms with Crippen molar-refractivity contribution in [1.82, 2.24) is 14.9 Å². The summed E-state index contributed by atoms with van der Waals surface area (Å²) in [7, 11) is 0. The first-order chi connectivity index (χ1) is 11.0. The number of piperidine rings is 1. The Morgan fingerprint density at radius 2 is 2.22 bits per heavy atom. The molecule has 2 aromatic rings. The third kappa shape index (κ3) is 3.39. The summed E-state index contributed by atoms with van der Waals surface area (Å²) in [6.45, 7) is 3.33. The standard InChI is InChI=1S/C16H17N3O3S/c1-10-9-23-14(18-10)12-3-2-6-19(8-12)15(20)11-4-5-13(16(21)22)17-7-11/h4-5,7,9,12H,2-3,6,8H2,1H3,(H,21,22). The molecule has 6 nitrogen and oxygen atoms in total. The van der Waals surface area contributed by atoms with E-state index in [4.69, 9.17) is 5.11 Å². The number of carbonyl (C=O) groups excluding carboxylic acids is 1. The van der Waals surface area contributed by atoms with E-state index in [1.54, 1.807) is 11.3 Å². The summed E-state index contributed by atoms with van der Waals surface area (Å²) < 4.78 is 0. The molecule has 1 N–H and O–H groups in total. The van der Waals surface area contributed by atoms with Crippen molar-refractivity contribution in [2.24, 2.45) is 0 Å². The van der Waals surface area contributed by atoms with Crippen molar-refractivity contribution >= 4 is 23.2 Å². The zero-order valence-electron chi connectivity index (χ0n) is 12.7. The van der Waals surface area contributed by atoms with Crippen LogP contribution in [0.4, 0.5) is 0 Å². The van der Waals surface area contributed by atoms with E-state index in [0.717, 1.165) is 23.5 Å². The van der Waals surface area contributed by atoms with Crippen LogP contribution in [0.15, 0.2) is 23.7 Å². The molecule has 1 aliphatic heterocycles. The Kier molecular flexibility index (Phi) is 4.38. The summed E-state index contributed by atoms with van der Waals surface area (Å²) >= 11 is 1.64. The lowest BCUT2D eigenvalue weighted by Gasteiger charge is -2.31. The SMILES string of the molecule is Cc1csc(C2CCCN(C(=O)c3ccc(C(=O)O)nc3)C2)n1. The van der Waals surface area contributed by atoms with Crippen molar-refractivity contribution in [3.05, 3.63) is 45.7 Å². The summed E-state index contributed by atoms with van der Waals surface area (Å²) in [5.74, 6) is -0.925. The van der Waals surface area contributed by atoms with Crippen LogP contribution in [0.1, 0.15) is 50.3 Å². The van der Waals surface area contributed by atoms with Crippen LogP contribution in [0.3, 0.4) is 0 Å². The minimum atomic E-state index is -1.10. The van der Waals surface area contributed by atoms with Crippen LogP contribution in [0.25, 0.3) is 0 Å². The van der Waals surface area contributed by atoms with Crippen LogP contribution in [0.5, 0.6) is 0 Å².